The second kappa shape index (κ2) is 7.60. The van der Waals surface area contributed by atoms with Crippen LogP contribution in [0.15, 0.2) is 40.2 Å². The summed E-state index contributed by atoms with van der Waals surface area (Å²) in [5.41, 5.74) is 2.66. The number of benzene rings is 1. The summed E-state index contributed by atoms with van der Waals surface area (Å²) in [5, 5.41) is 3.21. The fourth-order valence-corrected chi connectivity index (χ4v) is 4.71. The third-order valence-electron chi connectivity index (χ3n) is 4.17. The topological polar surface area (TPSA) is 32.3 Å². The van der Waals surface area contributed by atoms with E-state index in [-0.39, 0.29) is 11.9 Å². The maximum atomic E-state index is 12.4. The van der Waals surface area contributed by atoms with E-state index in [0.717, 1.165) is 29.6 Å². The van der Waals surface area contributed by atoms with Crippen molar-refractivity contribution >= 4 is 33.2 Å². The maximum Gasteiger partial charge on any atom is 0.234 e. The van der Waals surface area contributed by atoms with Crippen molar-refractivity contribution in [2.45, 2.75) is 31.8 Å². The zero-order valence-electron chi connectivity index (χ0n) is 13.2. The molecule has 3 rings (SSSR count). The van der Waals surface area contributed by atoms with E-state index in [1.54, 1.807) is 11.3 Å². The average Bonchev–Trinajstić information content (AvgIpc) is 2.92. The van der Waals surface area contributed by atoms with Gasteiger partial charge in [0.1, 0.15) is 0 Å². The minimum atomic E-state index is 0.102. The molecule has 1 aromatic carbocycles. The third kappa shape index (κ3) is 4.43. The summed E-state index contributed by atoms with van der Waals surface area (Å²) < 4.78 is 1.13. The van der Waals surface area contributed by atoms with Crippen LogP contribution in [-0.2, 0) is 17.8 Å². The van der Waals surface area contributed by atoms with Crippen LogP contribution in [0.25, 0.3) is 0 Å². The molecule has 0 spiro atoms. The van der Waals surface area contributed by atoms with Gasteiger partial charge < -0.3 is 5.32 Å². The van der Waals surface area contributed by atoms with Gasteiger partial charge in [0.2, 0.25) is 5.91 Å². The summed E-state index contributed by atoms with van der Waals surface area (Å²) in [7, 11) is 1.99. The summed E-state index contributed by atoms with van der Waals surface area (Å²) in [5.74, 6) is 0.102. The predicted molar refractivity (Wildman–Crippen MR) is 98.6 cm³/mol. The lowest BCUT2D eigenvalue weighted by atomic mass is 9.88. The number of halogens is 1. The molecule has 23 heavy (non-hydrogen) atoms. The fraction of sp³-hybridized carbons (Fsp3) is 0.389. The van der Waals surface area contributed by atoms with E-state index in [4.69, 9.17) is 0 Å². The molecule has 0 bridgehead atoms. The zero-order valence-corrected chi connectivity index (χ0v) is 15.6. The van der Waals surface area contributed by atoms with Crippen molar-refractivity contribution in [3.05, 3.63) is 56.2 Å². The molecule has 0 aliphatic heterocycles. The van der Waals surface area contributed by atoms with Crippen molar-refractivity contribution in [1.82, 2.24) is 10.2 Å². The molecule has 1 aromatic heterocycles. The first-order chi connectivity index (χ1) is 11.1. The fourth-order valence-electron chi connectivity index (χ4n) is 3.15. The highest BCUT2D eigenvalue weighted by atomic mass is 79.9. The van der Waals surface area contributed by atoms with Gasteiger partial charge in [0.25, 0.3) is 0 Å². The molecule has 0 saturated carbocycles. The summed E-state index contributed by atoms with van der Waals surface area (Å²) >= 11 is 5.19. The highest BCUT2D eigenvalue weighted by Crippen LogP contribution is 2.29. The van der Waals surface area contributed by atoms with Crippen molar-refractivity contribution in [2.75, 3.05) is 13.6 Å². The van der Waals surface area contributed by atoms with Crippen molar-refractivity contribution in [1.29, 1.82) is 0 Å². The largest absolute Gasteiger partial charge is 0.348 e. The van der Waals surface area contributed by atoms with Crippen molar-refractivity contribution in [3.63, 3.8) is 0 Å². The molecule has 122 valence electrons. The lowest BCUT2D eigenvalue weighted by Gasteiger charge is -2.27. The Morgan fingerprint density at radius 1 is 1.35 bits per heavy atom. The Bertz CT molecular complexity index is 685. The molecule has 0 radical (unpaired) electrons. The second-order valence-electron chi connectivity index (χ2n) is 6.09. The average molecular weight is 393 g/mol. The summed E-state index contributed by atoms with van der Waals surface area (Å²) in [4.78, 5) is 15.7. The van der Waals surface area contributed by atoms with E-state index in [0.29, 0.717) is 6.54 Å². The molecule has 0 unspecified atom stereocenters. The number of aryl methyl sites for hydroxylation is 1. The molecule has 0 saturated heterocycles. The number of likely N-dealkylation sites (N-methyl/N-ethyl adjacent to an activating group) is 1. The van der Waals surface area contributed by atoms with Crippen molar-refractivity contribution < 1.29 is 4.79 Å². The van der Waals surface area contributed by atoms with Gasteiger partial charge in [-0.2, -0.15) is 0 Å². The molecule has 0 fully saturated rings. The number of carbonyl (C=O) groups is 1. The minimum Gasteiger partial charge on any atom is -0.348 e. The molecule has 1 N–H and O–H groups in total. The third-order valence-corrected chi connectivity index (χ3v) is 5.78. The van der Waals surface area contributed by atoms with E-state index < -0.39 is 0 Å². The van der Waals surface area contributed by atoms with E-state index in [2.05, 4.69) is 56.5 Å². The monoisotopic (exact) mass is 392 g/mol. The van der Waals surface area contributed by atoms with Crippen molar-refractivity contribution in [2.24, 2.45) is 0 Å². The number of carbonyl (C=O) groups excluding carboxylic acids is 1. The van der Waals surface area contributed by atoms with Crippen LogP contribution >= 0.6 is 27.3 Å². The summed E-state index contributed by atoms with van der Waals surface area (Å²) in [6.45, 7) is 1.22. The van der Waals surface area contributed by atoms with Gasteiger partial charge in [0.05, 0.1) is 16.4 Å². The van der Waals surface area contributed by atoms with E-state index in [1.165, 1.54) is 16.0 Å². The van der Waals surface area contributed by atoms with Gasteiger partial charge in [0.15, 0.2) is 0 Å². The smallest absolute Gasteiger partial charge is 0.234 e. The first-order valence-electron chi connectivity index (χ1n) is 7.92. The van der Waals surface area contributed by atoms with E-state index in [1.807, 2.05) is 13.1 Å². The van der Waals surface area contributed by atoms with Gasteiger partial charge in [-0.15, -0.1) is 11.3 Å². The Morgan fingerprint density at radius 2 is 2.17 bits per heavy atom. The van der Waals surface area contributed by atoms with Crippen molar-refractivity contribution in [3.8, 4) is 0 Å². The van der Waals surface area contributed by atoms with Crippen LogP contribution in [0.5, 0.6) is 0 Å². The van der Waals surface area contributed by atoms with Gasteiger partial charge in [-0.3, -0.25) is 9.69 Å². The Kier molecular flexibility index (Phi) is 5.51. The first-order valence-corrected chi connectivity index (χ1v) is 9.52. The lowest BCUT2D eigenvalue weighted by Crippen LogP contribution is -2.38. The van der Waals surface area contributed by atoms with Crippen LogP contribution in [0, 0.1) is 0 Å². The first kappa shape index (κ1) is 16.7. The molecule has 5 heteroatoms. The maximum absolute atomic E-state index is 12.4. The quantitative estimate of drug-likeness (QED) is 0.828. The second-order valence-corrected chi connectivity index (χ2v) is 8.64. The standard InChI is InChI=1S/C18H21BrN2OS/c1-21(11-14-9-10-17(19)23-14)12-18(22)20-16-8-4-6-13-5-2-3-7-15(13)16/h2-3,5,7,9-10,16H,4,6,8,11-12H2,1H3,(H,20,22)/t16-/m0/s1. The minimum absolute atomic E-state index is 0.102. The number of fused-ring (bicyclic) bond motifs is 1. The van der Waals surface area contributed by atoms with Crippen LogP contribution in [0.1, 0.15) is 34.9 Å². The summed E-state index contributed by atoms with van der Waals surface area (Å²) in [6, 6.07) is 12.8. The molecule has 1 aliphatic carbocycles. The zero-order chi connectivity index (χ0) is 16.2. The number of hydrogen-bond donors (Lipinski definition) is 1. The van der Waals surface area contributed by atoms with Crippen LogP contribution in [0.4, 0.5) is 0 Å². The van der Waals surface area contributed by atoms with Crippen LogP contribution < -0.4 is 5.32 Å². The van der Waals surface area contributed by atoms with Gasteiger partial charge in [0, 0.05) is 11.4 Å². The van der Waals surface area contributed by atoms with Gasteiger partial charge in [-0.1, -0.05) is 24.3 Å². The van der Waals surface area contributed by atoms with Crippen LogP contribution in [0.3, 0.4) is 0 Å². The van der Waals surface area contributed by atoms with Crippen LogP contribution in [-0.4, -0.2) is 24.4 Å². The Hall–Kier alpha value is -1.17. The number of nitrogens with zero attached hydrogens (tertiary/aromatic N) is 1. The number of nitrogens with one attached hydrogen (secondary N) is 1. The van der Waals surface area contributed by atoms with Gasteiger partial charge >= 0.3 is 0 Å². The highest BCUT2D eigenvalue weighted by molar-refractivity contribution is 9.11. The van der Waals surface area contributed by atoms with E-state index in [9.17, 15) is 4.79 Å². The lowest BCUT2D eigenvalue weighted by molar-refractivity contribution is -0.122. The summed E-state index contributed by atoms with van der Waals surface area (Å²) in [6.07, 6.45) is 3.29. The number of rotatable bonds is 5. The molecular formula is C18H21BrN2OS. The van der Waals surface area contributed by atoms with Crippen LogP contribution in [0.2, 0.25) is 0 Å². The molecule has 1 atom stereocenters. The highest BCUT2D eigenvalue weighted by Gasteiger charge is 2.21. The molecule has 1 aliphatic rings. The number of hydrogen-bond acceptors (Lipinski definition) is 3. The van der Waals surface area contributed by atoms with Gasteiger partial charge in [-0.25, -0.2) is 0 Å². The SMILES string of the molecule is CN(CC(=O)N[C@H]1CCCc2ccccc21)Cc1ccc(Br)s1. The Labute approximate surface area is 149 Å². The molecule has 3 nitrogen and oxygen atoms in total. The molecular weight excluding hydrogens is 372 g/mol. The molecule has 1 heterocycles. The number of thiophene rings is 1. The van der Waals surface area contributed by atoms with E-state index >= 15 is 0 Å². The Morgan fingerprint density at radius 3 is 2.96 bits per heavy atom. The Balaban J connectivity index is 1.55. The number of amides is 1. The predicted octanol–water partition coefficient (Wildman–Crippen LogP) is 4.14. The van der Waals surface area contributed by atoms with Gasteiger partial charge in [-0.05, 0) is 65.5 Å². The molecule has 1 amide bonds. The normalized spacial score (nSPS) is 17.1. The molecule has 2 aromatic rings.